The van der Waals surface area contributed by atoms with Crippen LogP contribution in [-0.2, 0) is 4.79 Å². The van der Waals surface area contributed by atoms with Crippen molar-refractivity contribution in [2.75, 3.05) is 5.32 Å². The van der Waals surface area contributed by atoms with Crippen LogP contribution in [0.15, 0.2) is 41.2 Å². The number of anilines is 1. The number of rotatable bonds is 3. The quantitative estimate of drug-likeness (QED) is 0.902. The number of para-hydroxylation sites is 1. The van der Waals surface area contributed by atoms with Crippen LogP contribution >= 0.6 is 0 Å². The molecule has 5 heteroatoms. The fourth-order valence-electron chi connectivity index (χ4n) is 5.87. The first-order chi connectivity index (χ1) is 12.1. The van der Waals surface area contributed by atoms with E-state index in [2.05, 4.69) is 10.4 Å². The van der Waals surface area contributed by atoms with Crippen molar-refractivity contribution in [3.05, 3.63) is 46.8 Å². The zero-order valence-corrected chi connectivity index (χ0v) is 14.2. The molecule has 0 radical (unpaired) electrons. The van der Waals surface area contributed by atoms with Gasteiger partial charge in [0.05, 0.1) is 11.1 Å². The molecule has 6 rings (SSSR count). The molecular weight excluding hydrogens is 314 g/mol. The molecule has 1 aromatic heterocycles. The summed E-state index contributed by atoms with van der Waals surface area (Å²) >= 11 is 0. The number of nitrogens with one attached hydrogen (secondary N) is 2. The first-order valence-electron chi connectivity index (χ1n) is 9.30. The van der Waals surface area contributed by atoms with E-state index in [9.17, 15) is 9.59 Å². The molecule has 4 fully saturated rings. The van der Waals surface area contributed by atoms with Gasteiger partial charge in [0.15, 0.2) is 0 Å². The van der Waals surface area contributed by atoms with E-state index in [1.165, 1.54) is 30.0 Å². The molecule has 0 spiro atoms. The monoisotopic (exact) mass is 337 g/mol. The third-order valence-electron chi connectivity index (χ3n) is 6.50. The smallest absolute Gasteiger partial charge is 0.273 e. The van der Waals surface area contributed by atoms with Crippen molar-refractivity contribution in [1.82, 2.24) is 9.78 Å². The van der Waals surface area contributed by atoms with Gasteiger partial charge in [0.2, 0.25) is 5.91 Å². The Balaban J connectivity index is 1.39. The lowest BCUT2D eigenvalue weighted by Gasteiger charge is -2.55. The van der Waals surface area contributed by atoms with Gasteiger partial charge in [-0.2, -0.15) is 0 Å². The lowest BCUT2D eigenvalue weighted by atomic mass is 9.49. The molecule has 25 heavy (non-hydrogen) atoms. The summed E-state index contributed by atoms with van der Waals surface area (Å²) in [4.78, 5) is 25.3. The predicted octanol–water partition coefficient (Wildman–Crippen LogP) is 3.32. The van der Waals surface area contributed by atoms with Gasteiger partial charge in [-0.05, 0) is 68.4 Å². The van der Waals surface area contributed by atoms with Crippen LogP contribution in [-0.4, -0.2) is 15.7 Å². The average Bonchev–Trinajstić information content (AvgIpc) is 2.95. The van der Waals surface area contributed by atoms with E-state index in [-0.39, 0.29) is 16.9 Å². The maximum Gasteiger partial charge on any atom is 0.273 e. The van der Waals surface area contributed by atoms with Gasteiger partial charge < -0.3 is 5.32 Å². The Morgan fingerprint density at radius 3 is 2.24 bits per heavy atom. The Hall–Kier alpha value is -2.30. The minimum atomic E-state index is -0.208. The van der Waals surface area contributed by atoms with E-state index in [0.717, 1.165) is 42.7 Å². The van der Waals surface area contributed by atoms with E-state index in [1.807, 2.05) is 30.3 Å². The summed E-state index contributed by atoms with van der Waals surface area (Å²) < 4.78 is 1.47. The Bertz CT molecular complexity index is 829. The van der Waals surface area contributed by atoms with Crippen LogP contribution in [0.4, 0.5) is 5.82 Å². The lowest BCUT2D eigenvalue weighted by Crippen LogP contribution is -2.51. The normalized spacial score (nSPS) is 32.7. The van der Waals surface area contributed by atoms with Gasteiger partial charge >= 0.3 is 0 Å². The van der Waals surface area contributed by atoms with Gasteiger partial charge in [-0.25, -0.2) is 4.68 Å². The summed E-state index contributed by atoms with van der Waals surface area (Å²) in [5.41, 5.74) is 0.398. The molecule has 1 heterocycles. The molecule has 4 bridgehead atoms. The molecule has 1 aromatic carbocycles. The van der Waals surface area contributed by atoms with E-state index < -0.39 is 0 Å². The van der Waals surface area contributed by atoms with Crippen molar-refractivity contribution in [2.45, 2.75) is 38.5 Å². The van der Waals surface area contributed by atoms with E-state index in [0.29, 0.717) is 5.82 Å². The SMILES string of the molecule is O=C(Nc1cc(=O)n(-c2ccccc2)[nH]1)C12CC3CC(CC(C3)C1)C2. The fourth-order valence-corrected chi connectivity index (χ4v) is 5.87. The lowest BCUT2D eigenvalue weighted by molar-refractivity contribution is -0.140. The van der Waals surface area contributed by atoms with Crippen molar-refractivity contribution in [2.24, 2.45) is 23.2 Å². The van der Waals surface area contributed by atoms with Crippen molar-refractivity contribution < 1.29 is 4.79 Å². The molecule has 1 amide bonds. The molecule has 0 aliphatic heterocycles. The number of aromatic nitrogens is 2. The van der Waals surface area contributed by atoms with Crippen LogP contribution in [0.2, 0.25) is 0 Å². The van der Waals surface area contributed by atoms with Gasteiger partial charge in [0, 0.05) is 6.07 Å². The van der Waals surface area contributed by atoms with E-state index >= 15 is 0 Å². The van der Waals surface area contributed by atoms with E-state index in [1.54, 1.807) is 0 Å². The summed E-state index contributed by atoms with van der Waals surface area (Å²) in [6, 6.07) is 10.9. The zero-order valence-electron chi connectivity index (χ0n) is 14.2. The van der Waals surface area contributed by atoms with Crippen LogP contribution < -0.4 is 10.9 Å². The van der Waals surface area contributed by atoms with Crippen LogP contribution in [0.1, 0.15) is 38.5 Å². The van der Waals surface area contributed by atoms with Gasteiger partial charge in [-0.15, -0.1) is 0 Å². The molecule has 0 unspecified atom stereocenters. The maximum atomic E-state index is 13.1. The molecule has 5 nitrogen and oxygen atoms in total. The fraction of sp³-hybridized carbons (Fsp3) is 0.500. The predicted molar refractivity (Wildman–Crippen MR) is 95.6 cm³/mol. The number of amides is 1. The molecular formula is C20H23N3O2. The highest BCUT2D eigenvalue weighted by Gasteiger charge is 2.54. The number of aromatic amines is 1. The molecule has 130 valence electrons. The molecule has 0 atom stereocenters. The molecule has 4 saturated carbocycles. The maximum absolute atomic E-state index is 13.1. The first kappa shape index (κ1) is 15.0. The van der Waals surface area contributed by atoms with E-state index in [4.69, 9.17) is 0 Å². The van der Waals surface area contributed by atoms with Crippen LogP contribution in [0.3, 0.4) is 0 Å². The first-order valence-corrected chi connectivity index (χ1v) is 9.30. The third-order valence-corrected chi connectivity index (χ3v) is 6.50. The number of benzene rings is 1. The largest absolute Gasteiger partial charge is 0.311 e. The molecule has 4 aliphatic carbocycles. The highest BCUT2D eigenvalue weighted by Crippen LogP contribution is 2.60. The van der Waals surface area contributed by atoms with Crippen molar-refractivity contribution in [3.8, 4) is 5.69 Å². The molecule has 4 aliphatic rings. The van der Waals surface area contributed by atoms with Gasteiger partial charge in [0.25, 0.3) is 5.56 Å². The third kappa shape index (κ3) is 2.44. The molecule has 2 aromatic rings. The Morgan fingerprint density at radius 1 is 1.04 bits per heavy atom. The second-order valence-corrected chi connectivity index (χ2v) is 8.33. The average molecular weight is 337 g/mol. The summed E-state index contributed by atoms with van der Waals surface area (Å²) in [5, 5.41) is 6.05. The minimum absolute atomic E-state index is 0.105. The van der Waals surface area contributed by atoms with Crippen molar-refractivity contribution in [1.29, 1.82) is 0 Å². The Morgan fingerprint density at radius 2 is 1.64 bits per heavy atom. The van der Waals surface area contributed by atoms with Crippen LogP contribution in [0, 0.1) is 23.2 Å². The summed E-state index contributed by atoms with van der Waals surface area (Å²) in [6.45, 7) is 0. The summed E-state index contributed by atoms with van der Waals surface area (Å²) in [5.74, 6) is 2.78. The Labute approximate surface area is 146 Å². The van der Waals surface area contributed by atoms with Crippen LogP contribution in [0.5, 0.6) is 0 Å². The topological polar surface area (TPSA) is 66.9 Å². The van der Waals surface area contributed by atoms with Crippen molar-refractivity contribution >= 4 is 11.7 Å². The minimum Gasteiger partial charge on any atom is -0.311 e. The summed E-state index contributed by atoms with van der Waals surface area (Å²) in [7, 11) is 0. The zero-order chi connectivity index (χ0) is 17.0. The number of carbonyl (C=O) groups is 1. The number of hydrogen-bond acceptors (Lipinski definition) is 2. The second kappa shape index (κ2) is 5.35. The van der Waals surface area contributed by atoms with Gasteiger partial charge in [-0.3, -0.25) is 14.7 Å². The Kier molecular flexibility index (Phi) is 3.21. The van der Waals surface area contributed by atoms with Gasteiger partial charge in [0.1, 0.15) is 5.82 Å². The van der Waals surface area contributed by atoms with Crippen molar-refractivity contribution in [3.63, 3.8) is 0 Å². The number of hydrogen-bond donors (Lipinski definition) is 2. The highest BCUT2D eigenvalue weighted by molar-refractivity contribution is 5.94. The summed E-state index contributed by atoms with van der Waals surface area (Å²) in [6.07, 6.45) is 7.01. The second-order valence-electron chi connectivity index (χ2n) is 8.33. The van der Waals surface area contributed by atoms with Gasteiger partial charge in [-0.1, -0.05) is 18.2 Å². The molecule has 2 N–H and O–H groups in total. The molecule has 0 saturated heterocycles. The number of carbonyl (C=O) groups excluding carboxylic acids is 1. The number of nitrogens with zero attached hydrogens (tertiary/aromatic N) is 1. The van der Waals surface area contributed by atoms with Crippen LogP contribution in [0.25, 0.3) is 5.69 Å². The standard InChI is InChI=1S/C20H23N3O2/c24-18-9-17(22-23(18)16-4-2-1-3-5-16)21-19(25)20-10-13-6-14(11-20)8-15(7-13)12-20/h1-5,9,13-15,22H,6-8,10-12H2,(H,21,25). The highest BCUT2D eigenvalue weighted by atomic mass is 16.2. The number of H-pyrrole nitrogens is 1.